The summed E-state index contributed by atoms with van der Waals surface area (Å²) >= 11 is 7.80. The molecule has 0 aliphatic carbocycles. The summed E-state index contributed by atoms with van der Waals surface area (Å²) < 4.78 is 0. The van der Waals surface area contributed by atoms with Crippen LogP contribution in [-0.4, -0.2) is 17.1 Å². The van der Waals surface area contributed by atoms with Gasteiger partial charge in [-0.1, -0.05) is 23.7 Å². The summed E-state index contributed by atoms with van der Waals surface area (Å²) in [5.41, 5.74) is 1.78. The molecule has 1 heterocycles. The number of hydrogen-bond acceptors (Lipinski definition) is 4. The highest BCUT2D eigenvalue weighted by molar-refractivity contribution is 7.98. The second-order valence-corrected chi connectivity index (χ2v) is 5.42. The number of anilines is 1. The van der Waals surface area contributed by atoms with Crippen molar-refractivity contribution in [3.05, 3.63) is 52.7 Å². The Morgan fingerprint density at radius 1 is 1.21 bits per heavy atom. The van der Waals surface area contributed by atoms with Crippen LogP contribution in [0, 0.1) is 0 Å². The Labute approximate surface area is 122 Å². The van der Waals surface area contributed by atoms with Crippen molar-refractivity contribution >= 4 is 29.2 Å². The van der Waals surface area contributed by atoms with Crippen molar-refractivity contribution in [3.63, 3.8) is 0 Å². The predicted molar refractivity (Wildman–Crippen MR) is 80.7 cm³/mol. The molecule has 0 aliphatic heterocycles. The van der Waals surface area contributed by atoms with Gasteiger partial charge < -0.3 is 10.4 Å². The molecule has 0 aliphatic rings. The predicted octanol–water partition coefficient (Wildman–Crippen LogP) is 3.56. The zero-order valence-corrected chi connectivity index (χ0v) is 12.1. The third-order valence-corrected chi connectivity index (χ3v) is 4.02. The normalized spacial score (nSPS) is 10.5. The molecule has 0 atom stereocenters. The third-order valence-electron chi connectivity index (χ3n) is 2.66. The van der Waals surface area contributed by atoms with E-state index in [0.29, 0.717) is 10.8 Å². The molecule has 1 aromatic heterocycles. The first-order valence-corrected chi connectivity index (χ1v) is 7.25. The lowest BCUT2D eigenvalue weighted by Crippen LogP contribution is -1.96. The van der Waals surface area contributed by atoms with Crippen molar-refractivity contribution in [2.45, 2.75) is 17.3 Å². The second kappa shape index (κ2) is 6.80. The van der Waals surface area contributed by atoms with Crippen molar-refractivity contribution in [2.24, 2.45) is 0 Å². The Morgan fingerprint density at radius 3 is 2.58 bits per heavy atom. The van der Waals surface area contributed by atoms with Gasteiger partial charge in [0.1, 0.15) is 5.82 Å². The Hall–Kier alpha value is -1.23. The highest BCUT2D eigenvalue weighted by Gasteiger charge is 2.04. The maximum absolute atomic E-state index is 8.99. The summed E-state index contributed by atoms with van der Waals surface area (Å²) in [4.78, 5) is 5.57. The molecule has 0 unspecified atom stereocenters. The van der Waals surface area contributed by atoms with Gasteiger partial charge in [-0.2, -0.15) is 0 Å². The zero-order valence-electron chi connectivity index (χ0n) is 10.6. The van der Waals surface area contributed by atoms with Gasteiger partial charge in [0.15, 0.2) is 0 Å². The van der Waals surface area contributed by atoms with E-state index >= 15 is 0 Å². The number of nitrogens with zero attached hydrogens (tertiary/aromatic N) is 1. The molecule has 19 heavy (non-hydrogen) atoms. The molecule has 2 N–H and O–H groups in total. The fraction of sp³-hybridized carbons (Fsp3) is 0.214. The molecule has 0 spiro atoms. The first-order valence-electron chi connectivity index (χ1n) is 5.88. The lowest BCUT2D eigenvalue weighted by atomic mass is 10.2. The molecular weight excluding hydrogens is 280 g/mol. The van der Waals surface area contributed by atoms with Gasteiger partial charge >= 0.3 is 0 Å². The fourth-order valence-electron chi connectivity index (χ4n) is 1.57. The quantitative estimate of drug-likeness (QED) is 0.828. The monoisotopic (exact) mass is 294 g/mol. The van der Waals surface area contributed by atoms with Crippen LogP contribution in [0.5, 0.6) is 0 Å². The van der Waals surface area contributed by atoms with E-state index in [1.54, 1.807) is 11.8 Å². The van der Waals surface area contributed by atoms with E-state index in [9.17, 15) is 0 Å². The van der Waals surface area contributed by atoms with Gasteiger partial charge in [0, 0.05) is 17.7 Å². The number of thioether (sulfide) groups is 1. The van der Waals surface area contributed by atoms with E-state index < -0.39 is 0 Å². The maximum Gasteiger partial charge on any atom is 0.126 e. The number of aromatic nitrogens is 1. The topological polar surface area (TPSA) is 45.1 Å². The Balaban J connectivity index is 2.05. The first kappa shape index (κ1) is 14.2. The number of benzene rings is 1. The zero-order chi connectivity index (χ0) is 13.7. The molecule has 0 fully saturated rings. The van der Waals surface area contributed by atoms with Crippen LogP contribution in [0.25, 0.3) is 0 Å². The number of rotatable bonds is 5. The van der Waals surface area contributed by atoms with Crippen molar-refractivity contribution < 1.29 is 5.11 Å². The number of pyridine rings is 1. The molecule has 1 aromatic carbocycles. The average molecular weight is 295 g/mol. The van der Waals surface area contributed by atoms with Crippen LogP contribution >= 0.6 is 23.4 Å². The average Bonchev–Trinajstić information content (AvgIpc) is 2.47. The summed E-state index contributed by atoms with van der Waals surface area (Å²) in [6.07, 6.45) is 0. The number of aliphatic hydroxyl groups excluding tert-OH is 1. The molecule has 5 heteroatoms. The van der Waals surface area contributed by atoms with Crippen LogP contribution < -0.4 is 5.32 Å². The third kappa shape index (κ3) is 3.86. The highest BCUT2D eigenvalue weighted by atomic mass is 35.5. The van der Waals surface area contributed by atoms with Crippen LogP contribution in [0.4, 0.5) is 5.82 Å². The summed E-state index contributed by atoms with van der Waals surface area (Å²) in [5, 5.41) is 12.7. The number of aliphatic hydroxyl groups is 1. The van der Waals surface area contributed by atoms with Crippen LogP contribution in [0.1, 0.15) is 11.3 Å². The Bertz CT molecular complexity index is 546. The van der Waals surface area contributed by atoms with Gasteiger partial charge in [0.2, 0.25) is 0 Å². The van der Waals surface area contributed by atoms with Crippen molar-refractivity contribution in [3.8, 4) is 0 Å². The molecule has 0 radical (unpaired) electrons. The standard InChI is InChI=1S/C14H15ClN2OS/c1-16-14-7-6-12(15)13(17-14)9-19-11-4-2-10(8-18)3-5-11/h2-7,18H,8-9H2,1H3,(H,16,17). The van der Waals surface area contributed by atoms with Crippen LogP contribution in [0.15, 0.2) is 41.3 Å². The molecule has 100 valence electrons. The maximum atomic E-state index is 8.99. The molecule has 0 saturated heterocycles. The second-order valence-electron chi connectivity index (χ2n) is 3.97. The van der Waals surface area contributed by atoms with Gasteiger partial charge in [-0.25, -0.2) is 4.98 Å². The molecule has 0 saturated carbocycles. The van der Waals surface area contributed by atoms with E-state index in [1.807, 2.05) is 43.4 Å². The van der Waals surface area contributed by atoms with Crippen molar-refractivity contribution in [1.29, 1.82) is 0 Å². The molecular formula is C14H15ClN2OS. The highest BCUT2D eigenvalue weighted by Crippen LogP contribution is 2.26. The molecule has 0 amide bonds. The van der Waals surface area contributed by atoms with Crippen molar-refractivity contribution in [1.82, 2.24) is 4.98 Å². The van der Waals surface area contributed by atoms with Crippen LogP contribution in [0.3, 0.4) is 0 Å². The first-order chi connectivity index (χ1) is 9.22. The van der Waals surface area contributed by atoms with Crippen LogP contribution in [0.2, 0.25) is 5.02 Å². The number of halogens is 1. The van der Waals surface area contributed by atoms with Gasteiger partial charge in [0.25, 0.3) is 0 Å². The molecule has 2 aromatic rings. The molecule has 0 bridgehead atoms. The van der Waals surface area contributed by atoms with E-state index in [0.717, 1.165) is 22.0 Å². The SMILES string of the molecule is CNc1ccc(Cl)c(CSc2ccc(CO)cc2)n1. The van der Waals surface area contributed by atoms with E-state index in [1.165, 1.54) is 0 Å². The lowest BCUT2D eigenvalue weighted by molar-refractivity contribution is 0.282. The molecule has 3 nitrogen and oxygen atoms in total. The molecule has 2 rings (SSSR count). The fourth-order valence-corrected chi connectivity index (χ4v) is 2.67. The van der Waals surface area contributed by atoms with Gasteiger partial charge in [0.05, 0.1) is 17.3 Å². The summed E-state index contributed by atoms with van der Waals surface area (Å²) in [6.45, 7) is 0.0720. The summed E-state index contributed by atoms with van der Waals surface area (Å²) in [6, 6.07) is 11.5. The largest absolute Gasteiger partial charge is 0.392 e. The van der Waals surface area contributed by atoms with Gasteiger partial charge in [-0.15, -0.1) is 11.8 Å². The minimum Gasteiger partial charge on any atom is -0.392 e. The minimum absolute atomic E-state index is 0.0720. The van der Waals surface area contributed by atoms with Crippen molar-refractivity contribution in [2.75, 3.05) is 12.4 Å². The van der Waals surface area contributed by atoms with E-state index in [2.05, 4.69) is 10.3 Å². The summed E-state index contributed by atoms with van der Waals surface area (Å²) in [7, 11) is 1.83. The number of hydrogen-bond donors (Lipinski definition) is 2. The minimum atomic E-state index is 0.0720. The van der Waals surface area contributed by atoms with Gasteiger partial charge in [-0.05, 0) is 29.8 Å². The van der Waals surface area contributed by atoms with Crippen LogP contribution in [-0.2, 0) is 12.4 Å². The van der Waals surface area contributed by atoms with E-state index in [4.69, 9.17) is 16.7 Å². The lowest BCUT2D eigenvalue weighted by Gasteiger charge is -2.07. The van der Waals surface area contributed by atoms with Gasteiger partial charge in [-0.3, -0.25) is 0 Å². The Kier molecular flexibility index (Phi) is 5.07. The smallest absolute Gasteiger partial charge is 0.126 e. The number of nitrogens with one attached hydrogen (secondary N) is 1. The van der Waals surface area contributed by atoms with E-state index in [-0.39, 0.29) is 6.61 Å². The Morgan fingerprint density at radius 2 is 1.95 bits per heavy atom. The summed E-state index contributed by atoms with van der Waals surface area (Å²) in [5.74, 6) is 1.53.